The molecule has 1 amide bonds. The van der Waals surface area contributed by atoms with E-state index in [0.717, 1.165) is 68.4 Å². The van der Waals surface area contributed by atoms with E-state index in [4.69, 9.17) is 4.74 Å². The number of thioether (sulfide) groups is 1. The molecule has 1 atom stereocenters. The van der Waals surface area contributed by atoms with E-state index in [1.54, 1.807) is 11.8 Å². The molecule has 2 aliphatic heterocycles. The molecule has 0 spiro atoms. The van der Waals surface area contributed by atoms with E-state index in [-0.39, 0.29) is 5.91 Å². The molecule has 1 aromatic rings. The summed E-state index contributed by atoms with van der Waals surface area (Å²) in [5.74, 6) is 0.792. The first-order valence-electron chi connectivity index (χ1n) is 8.91. The van der Waals surface area contributed by atoms with Crippen LogP contribution in [0.2, 0.25) is 0 Å². The first-order chi connectivity index (χ1) is 11.7. The van der Waals surface area contributed by atoms with Crippen molar-refractivity contribution in [2.24, 2.45) is 5.92 Å². The van der Waals surface area contributed by atoms with Crippen LogP contribution in [0, 0.1) is 12.8 Å². The predicted octanol–water partition coefficient (Wildman–Crippen LogP) is 2.90. The van der Waals surface area contributed by atoms with E-state index < -0.39 is 0 Å². The summed E-state index contributed by atoms with van der Waals surface area (Å²) < 4.78 is 5.43. The van der Waals surface area contributed by atoms with Crippen LogP contribution >= 0.6 is 11.8 Å². The van der Waals surface area contributed by atoms with E-state index in [1.165, 1.54) is 6.42 Å². The highest BCUT2D eigenvalue weighted by Gasteiger charge is 2.27. The van der Waals surface area contributed by atoms with Crippen LogP contribution in [-0.2, 0) is 4.74 Å². The SMILES string of the molecule is CSc1ccc(C)c(C(=O)N2CCC[C@H](CN3CCOCC3)C2)c1. The van der Waals surface area contributed by atoms with Gasteiger partial charge in [-0.15, -0.1) is 11.8 Å². The van der Waals surface area contributed by atoms with Crippen molar-refractivity contribution in [3.8, 4) is 0 Å². The van der Waals surface area contributed by atoms with E-state index in [0.29, 0.717) is 5.92 Å². The van der Waals surface area contributed by atoms with Crippen molar-refractivity contribution in [2.45, 2.75) is 24.7 Å². The Kier molecular flexibility index (Phi) is 6.19. The van der Waals surface area contributed by atoms with Crippen LogP contribution in [0.4, 0.5) is 0 Å². The number of carbonyl (C=O) groups excluding carboxylic acids is 1. The molecule has 1 aromatic carbocycles. The summed E-state index contributed by atoms with van der Waals surface area (Å²) in [6.45, 7) is 8.65. The zero-order chi connectivity index (χ0) is 16.9. The zero-order valence-corrected chi connectivity index (χ0v) is 15.6. The van der Waals surface area contributed by atoms with Gasteiger partial charge in [0.25, 0.3) is 5.91 Å². The third kappa shape index (κ3) is 4.32. The fourth-order valence-electron chi connectivity index (χ4n) is 3.68. The summed E-state index contributed by atoms with van der Waals surface area (Å²) in [4.78, 5) is 18.7. The molecule has 2 heterocycles. The van der Waals surface area contributed by atoms with E-state index in [1.807, 2.05) is 13.0 Å². The maximum absolute atomic E-state index is 13.0. The van der Waals surface area contributed by atoms with Crippen molar-refractivity contribution in [1.29, 1.82) is 0 Å². The summed E-state index contributed by atoms with van der Waals surface area (Å²) in [6.07, 6.45) is 4.39. The summed E-state index contributed by atoms with van der Waals surface area (Å²) in [6, 6.07) is 6.20. The Labute approximate surface area is 149 Å². The first kappa shape index (κ1) is 17.8. The molecule has 132 valence electrons. The number of benzene rings is 1. The van der Waals surface area contributed by atoms with Gasteiger partial charge in [-0.05, 0) is 49.6 Å². The van der Waals surface area contributed by atoms with Gasteiger partial charge in [0.15, 0.2) is 0 Å². The molecule has 0 saturated carbocycles. The van der Waals surface area contributed by atoms with Crippen LogP contribution in [0.5, 0.6) is 0 Å². The van der Waals surface area contributed by atoms with Crippen LogP contribution in [0.1, 0.15) is 28.8 Å². The highest BCUT2D eigenvalue weighted by molar-refractivity contribution is 7.98. The molecular weight excluding hydrogens is 320 g/mol. The third-order valence-corrected chi connectivity index (χ3v) is 5.83. The standard InChI is InChI=1S/C19H28N2O2S/c1-15-5-6-17(24-2)12-18(15)19(22)21-7-3-4-16(14-21)13-20-8-10-23-11-9-20/h5-6,12,16H,3-4,7-11,13-14H2,1-2H3/t16-/m1/s1. The lowest BCUT2D eigenvalue weighted by molar-refractivity contribution is 0.0223. The van der Waals surface area contributed by atoms with Gasteiger partial charge in [0.05, 0.1) is 13.2 Å². The minimum absolute atomic E-state index is 0.204. The second-order valence-corrected chi connectivity index (χ2v) is 7.73. The van der Waals surface area contributed by atoms with Crippen molar-refractivity contribution in [2.75, 3.05) is 52.2 Å². The molecule has 0 N–H and O–H groups in total. The van der Waals surface area contributed by atoms with Gasteiger partial charge < -0.3 is 9.64 Å². The van der Waals surface area contributed by atoms with Crippen molar-refractivity contribution in [3.63, 3.8) is 0 Å². The fraction of sp³-hybridized carbons (Fsp3) is 0.632. The third-order valence-electron chi connectivity index (χ3n) is 5.10. The van der Waals surface area contributed by atoms with Crippen LogP contribution in [0.25, 0.3) is 0 Å². The number of piperidine rings is 1. The van der Waals surface area contributed by atoms with E-state index >= 15 is 0 Å². The first-order valence-corrected chi connectivity index (χ1v) is 10.1. The van der Waals surface area contributed by atoms with Crippen LogP contribution < -0.4 is 0 Å². The van der Waals surface area contributed by atoms with Gasteiger partial charge in [-0.25, -0.2) is 0 Å². The number of ether oxygens (including phenoxy) is 1. The van der Waals surface area contributed by atoms with Crippen LogP contribution in [0.15, 0.2) is 23.1 Å². The molecule has 5 heteroatoms. The van der Waals surface area contributed by atoms with Crippen molar-refractivity contribution in [1.82, 2.24) is 9.80 Å². The topological polar surface area (TPSA) is 32.8 Å². The van der Waals surface area contributed by atoms with Gasteiger partial charge in [0.2, 0.25) is 0 Å². The molecule has 0 bridgehead atoms. The molecular formula is C19H28N2O2S. The number of likely N-dealkylation sites (tertiary alicyclic amines) is 1. The molecule has 2 saturated heterocycles. The largest absolute Gasteiger partial charge is 0.379 e. The Morgan fingerprint density at radius 3 is 2.83 bits per heavy atom. The van der Waals surface area contributed by atoms with Crippen LogP contribution in [-0.4, -0.2) is 67.9 Å². The van der Waals surface area contributed by atoms with Gasteiger partial charge in [0, 0.05) is 43.2 Å². The lowest BCUT2D eigenvalue weighted by Gasteiger charge is -2.37. The minimum atomic E-state index is 0.204. The van der Waals surface area contributed by atoms with Gasteiger partial charge in [-0.2, -0.15) is 0 Å². The Bertz CT molecular complexity index is 572. The molecule has 0 radical (unpaired) electrons. The highest BCUT2D eigenvalue weighted by Crippen LogP contribution is 2.24. The molecule has 24 heavy (non-hydrogen) atoms. The highest BCUT2D eigenvalue weighted by atomic mass is 32.2. The summed E-state index contributed by atoms with van der Waals surface area (Å²) >= 11 is 1.69. The second kappa shape index (κ2) is 8.37. The zero-order valence-electron chi connectivity index (χ0n) is 14.8. The molecule has 0 aromatic heterocycles. The van der Waals surface area contributed by atoms with Crippen molar-refractivity contribution < 1.29 is 9.53 Å². The Balaban J connectivity index is 1.64. The van der Waals surface area contributed by atoms with E-state index in [9.17, 15) is 4.79 Å². The lowest BCUT2D eigenvalue weighted by Crippen LogP contribution is -2.46. The van der Waals surface area contributed by atoms with E-state index in [2.05, 4.69) is 28.2 Å². The molecule has 0 unspecified atom stereocenters. The lowest BCUT2D eigenvalue weighted by atomic mass is 9.96. The average molecular weight is 349 g/mol. The summed E-state index contributed by atoms with van der Waals surface area (Å²) in [5.41, 5.74) is 1.95. The molecule has 4 nitrogen and oxygen atoms in total. The Morgan fingerprint density at radius 1 is 1.29 bits per heavy atom. The average Bonchev–Trinajstić information content (AvgIpc) is 2.63. The number of nitrogens with zero attached hydrogens (tertiary/aromatic N) is 2. The van der Waals surface area contributed by atoms with Gasteiger partial charge in [0.1, 0.15) is 0 Å². The number of rotatable bonds is 4. The summed E-state index contributed by atoms with van der Waals surface area (Å²) in [5, 5.41) is 0. The second-order valence-electron chi connectivity index (χ2n) is 6.85. The number of amides is 1. The molecule has 2 aliphatic rings. The maximum Gasteiger partial charge on any atom is 0.254 e. The number of hydrogen-bond acceptors (Lipinski definition) is 4. The fourth-order valence-corrected chi connectivity index (χ4v) is 4.12. The number of aryl methyl sites for hydroxylation is 1. The predicted molar refractivity (Wildman–Crippen MR) is 98.8 cm³/mol. The van der Waals surface area contributed by atoms with Gasteiger partial charge >= 0.3 is 0 Å². The van der Waals surface area contributed by atoms with Gasteiger partial charge in [-0.1, -0.05) is 6.07 Å². The maximum atomic E-state index is 13.0. The summed E-state index contributed by atoms with van der Waals surface area (Å²) in [7, 11) is 0. The molecule has 2 fully saturated rings. The normalized spacial score (nSPS) is 22.6. The number of hydrogen-bond donors (Lipinski definition) is 0. The van der Waals surface area contributed by atoms with Crippen molar-refractivity contribution >= 4 is 17.7 Å². The number of morpholine rings is 1. The monoisotopic (exact) mass is 348 g/mol. The van der Waals surface area contributed by atoms with Crippen LogP contribution in [0.3, 0.4) is 0 Å². The minimum Gasteiger partial charge on any atom is -0.379 e. The van der Waals surface area contributed by atoms with Gasteiger partial charge in [-0.3, -0.25) is 9.69 Å². The Morgan fingerprint density at radius 2 is 2.08 bits per heavy atom. The number of carbonyl (C=O) groups is 1. The van der Waals surface area contributed by atoms with Crippen molar-refractivity contribution in [3.05, 3.63) is 29.3 Å². The quantitative estimate of drug-likeness (QED) is 0.784. The molecule has 0 aliphatic carbocycles. The Hall–Kier alpha value is -1.04. The molecule has 3 rings (SSSR count). The smallest absolute Gasteiger partial charge is 0.254 e.